The van der Waals surface area contributed by atoms with Crippen LogP contribution in [-0.2, 0) is 4.79 Å². The summed E-state index contributed by atoms with van der Waals surface area (Å²) >= 11 is 0. The molecule has 0 aliphatic rings. The Morgan fingerprint density at radius 3 is 2.50 bits per heavy atom. The Bertz CT molecular complexity index is 110. The topological polar surface area (TPSA) is 29.1 Å². The van der Waals surface area contributed by atoms with Crippen LogP contribution in [0.15, 0.2) is 12.8 Å². The average molecular weight is 141 g/mol. The minimum absolute atomic E-state index is 0.0579. The van der Waals surface area contributed by atoms with E-state index in [2.05, 4.69) is 25.7 Å². The van der Waals surface area contributed by atoms with Gasteiger partial charge < -0.3 is 10.1 Å². The van der Waals surface area contributed by atoms with Crippen LogP contribution in [0.4, 0.5) is 0 Å². The third-order valence-corrected chi connectivity index (χ3v) is 1.22. The molecule has 0 bridgehead atoms. The van der Waals surface area contributed by atoms with Crippen molar-refractivity contribution in [1.29, 1.82) is 0 Å². The molecule has 1 atom stereocenters. The van der Waals surface area contributed by atoms with Crippen LogP contribution in [0.1, 0.15) is 20.3 Å². The summed E-state index contributed by atoms with van der Waals surface area (Å²) in [5.74, 6) is 0.544. The third-order valence-electron chi connectivity index (χ3n) is 1.22. The molecule has 0 aliphatic carbocycles. The molecule has 1 N–H and O–H groups in total. The van der Waals surface area contributed by atoms with Gasteiger partial charge in [-0.2, -0.15) is 0 Å². The molecule has 58 valence electrons. The molecule has 0 amide bonds. The van der Waals surface area contributed by atoms with Crippen molar-refractivity contribution in [2.24, 2.45) is 5.92 Å². The first kappa shape index (κ1) is 9.21. The van der Waals surface area contributed by atoms with Gasteiger partial charge in [-0.15, -0.1) is 0 Å². The van der Waals surface area contributed by atoms with Gasteiger partial charge in [0.1, 0.15) is 6.29 Å². The van der Waals surface area contributed by atoms with Crippen molar-refractivity contribution in [3.05, 3.63) is 12.8 Å². The van der Waals surface area contributed by atoms with Crippen molar-refractivity contribution >= 4 is 6.29 Å². The zero-order chi connectivity index (χ0) is 7.98. The monoisotopic (exact) mass is 141 g/mol. The number of aldehydes is 1. The summed E-state index contributed by atoms with van der Waals surface area (Å²) in [5, 5.41) is 2.86. The molecule has 0 aliphatic heterocycles. The molecule has 0 aromatic heterocycles. The van der Waals surface area contributed by atoms with Gasteiger partial charge in [-0.25, -0.2) is 0 Å². The Balaban J connectivity index is 3.59. The number of carbonyl (C=O) groups is 1. The lowest BCUT2D eigenvalue weighted by Crippen LogP contribution is -2.26. The quantitative estimate of drug-likeness (QED) is 0.585. The van der Waals surface area contributed by atoms with Crippen molar-refractivity contribution in [1.82, 2.24) is 5.32 Å². The molecule has 0 saturated heterocycles. The Hall–Kier alpha value is -0.790. The minimum atomic E-state index is -0.0579. The lowest BCUT2D eigenvalue weighted by Gasteiger charge is -2.11. The Kier molecular flexibility index (Phi) is 4.63. The van der Waals surface area contributed by atoms with Gasteiger partial charge in [-0.05, 0) is 18.5 Å². The first-order valence-electron chi connectivity index (χ1n) is 3.53. The normalized spacial score (nSPS) is 12.7. The van der Waals surface area contributed by atoms with Crippen molar-refractivity contribution in [2.45, 2.75) is 26.3 Å². The van der Waals surface area contributed by atoms with E-state index in [1.54, 1.807) is 6.20 Å². The SMILES string of the molecule is C=CN[C@H](C=O)CC(C)C. The first-order valence-corrected chi connectivity index (χ1v) is 3.53. The predicted octanol–water partition coefficient (Wildman–Crippen LogP) is 1.33. The van der Waals surface area contributed by atoms with Crippen molar-refractivity contribution in [3.8, 4) is 0 Å². The highest BCUT2D eigenvalue weighted by molar-refractivity contribution is 5.57. The second-order valence-electron chi connectivity index (χ2n) is 2.74. The molecule has 0 spiro atoms. The van der Waals surface area contributed by atoms with Crippen LogP contribution < -0.4 is 5.32 Å². The van der Waals surface area contributed by atoms with E-state index < -0.39 is 0 Å². The van der Waals surface area contributed by atoms with E-state index in [0.29, 0.717) is 5.92 Å². The zero-order valence-electron chi connectivity index (χ0n) is 6.63. The number of carbonyl (C=O) groups excluding carboxylic acids is 1. The minimum Gasteiger partial charge on any atom is -0.382 e. The summed E-state index contributed by atoms with van der Waals surface area (Å²) in [6.45, 7) is 7.65. The number of hydrogen-bond donors (Lipinski definition) is 1. The maximum absolute atomic E-state index is 10.3. The number of rotatable bonds is 5. The molecule has 0 aromatic rings. The molecule has 0 unspecified atom stereocenters. The van der Waals surface area contributed by atoms with Crippen LogP contribution in [-0.4, -0.2) is 12.3 Å². The molecule has 0 rings (SSSR count). The van der Waals surface area contributed by atoms with Crippen LogP contribution in [0, 0.1) is 5.92 Å². The van der Waals surface area contributed by atoms with Crippen molar-refractivity contribution in [2.75, 3.05) is 0 Å². The second kappa shape index (κ2) is 5.03. The molecule has 2 nitrogen and oxygen atoms in total. The van der Waals surface area contributed by atoms with Gasteiger partial charge in [-0.3, -0.25) is 0 Å². The smallest absolute Gasteiger partial charge is 0.142 e. The second-order valence-corrected chi connectivity index (χ2v) is 2.74. The molecule has 0 radical (unpaired) electrons. The van der Waals surface area contributed by atoms with E-state index in [0.717, 1.165) is 12.7 Å². The van der Waals surface area contributed by atoms with Crippen LogP contribution in [0.3, 0.4) is 0 Å². The van der Waals surface area contributed by atoms with Gasteiger partial charge in [0, 0.05) is 0 Å². The third kappa shape index (κ3) is 4.13. The molecule has 0 aromatic carbocycles. The van der Waals surface area contributed by atoms with Crippen LogP contribution in [0.5, 0.6) is 0 Å². The summed E-state index contributed by atoms with van der Waals surface area (Å²) in [5.41, 5.74) is 0. The fourth-order valence-corrected chi connectivity index (χ4v) is 0.822. The highest BCUT2D eigenvalue weighted by Crippen LogP contribution is 2.01. The molecular weight excluding hydrogens is 126 g/mol. The first-order chi connectivity index (χ1) is 4.70. The van der Waals surface area contributed by atoms with Crippen molar-refractivity contribution < 1.29 is 4.79 Å². The summed E-state index contributed by atoms with van der Waals surface area (Å²) in [6, 6.07) is -0.0579. The van der Waals surface area contributed by atoms with Crippen LogP contribution >= 0.6 is 0 Å². The predicted molar refractivity (Wildman–Crippen MR) is 42.6 cm³/mol. The van der Waals surface area contributed by atoms with Gasteiger partial charge >= 0.3 is 0 Å². The molecule has 2 heteroatoms. The molecular formula is C8H15NO. The zero-order valence-corrected chi connectivity index (χ0v) is 6.63. The summed E-state index contributed by atoms with van der Waals surface area (Å²) in [4.78, 5) is 10.3. The van der Waals surface area contributed by atoms with E-state index in [1.165, 1.54) is 0 Å². The summed E-state index contributed by atoms with van der Waals surface area (Å²) < 4.78 is 0. The molecule has 0 saturated carbocycles. The van der Waals surface area contributed by atoms with E-state index in [-0.39, 0.29) is 6.04 Å². The van der Waals surface area contributed by atoms with E-state index in [4.69, 9.17) is 0 Å². The molecule has 0 fully saturated rings. The molecule has 10 heavy (non-hydrogen) atoms. The summed E-state index contributed by atoms with van der Waals surface area (Å²) in [7, 11) is 0. The standard InChI is InChI=1S/C8H15NO/c1-4-9-8(6-10)5-7(2)3/h4,6-9H,1,5H2,2-3H3/t8-/m0/s1. The molecule has 0 heterocycles. The van der Waals surface area contributed by atoms with E-state index >= 15 is 0 Å². The Morgan fingerprint density at radius 1 is 1.60 bits per heavy atom. The van der Waals surface area contributed by atoms with E-state index in [9.17, 15) is 4.79 Å². The van der Waals surface area contributed by atoms with Gasteiger partial charge in [0.15, 0.2) is 0 Å². The average Bonchev–Trinajstić information content (AvgIpc) is 1.86. The van der Waals surface area contributed by atoms with Gasteiger partial charge in [-0.1, -0.05) is 20.4 Å². The highest BCUT2D eigenvalue weighted by Gasteiger charge is 2.05. The van der Waals surface area contributed by atoms with E-state index in [1.807, 2.05) is 0 Å². The number of hydrogen-bond acceptors (Lipinski definition) is 2. The largest absolute Gasteiger partial charge is 0.382 e. The fraction of sp³-hybridized carbons (Fsp3) is 0.625. The lowest BCUT2D eigenvalue weighted by atomic mass is 10.1. The highest BCUT2D eigenvalue weighted by atomic mass is 16.1. The summed E-state index contributed by atoms with van der Waals surface area (Å²) in [6.07, 6.45) is 3.35. The number of nitrogens with one attached hydrogen (secondary N) is 1. The Labute approximate surface area is 62.3 Å². The van der Waals surface area contributed by atoms with Gasteiger partial charge in [0.2, 0.25) is 0 Å². The Morgan fingerprint density at radius 2 is 2.20 bits per heavy atom. The maximum atomic E-state index is 10.3. The lowest BCUT2D eigenvalue weighted by molar-refractivity contribution is -0.109. The maximum Gasteiger partial charge on any atom is 0.142 e. The van der Waals surface area contributed by atoms with Crippen LogP contribution in [0.25, 0.3) is 0 Å². The van der Waals surface area contributed by atoms with Crippen LogP contribution in [0.2, 0.25) is 0 Å². The van der Waals surface area contributed by atoms with Crippen molar-refractivity contribution in [3.63, 3.8) is 0 Å². The van der Waals surface area contributed by atoms with Gasteiger partial charge in [0.05, 0.1) is 6.04 Å². The fourth-order valence-electron chi connectivity index (χ4n) is 0.822. The van der Waals surface area contributed by atoms with Gasteiger partial charge in [0.25, 0.3) is 0 Å².